The molecular weight excluding hydrogens is 406 g/mol. The minimum Gasteiger partial charge on any atom is -0.496 e. The van der Waals surface area contributed by atoms with Crippen molar-refractivity contribution in [3.63, 3.8) is 0 Å². The summed E-state index contributed by atoms with van der Waals surface area (Å²) >= 11 is 1.57. The molecule has 0 aliphatic heterocycles. The van der Waals surface area contributed by atoms with Gasteiger partial charge in [-0.05, 0) is 29.6 Å². The normalized spacial score (nSPS) is 11.2. The molecule has 0 saturated heterocycles. The first kappa shape index (κ1) is 21.1. The Labute approximate surface area is 175 Å². The van der Waals surface area contributed by atoms with Gasteiger partial charge in [0, 0.05) is 23.4 Å². The standard InChI is InChI=1S/C22H23NO4S2/c1-27-21-12-6-5-8-18(21)16-23(17-19-9-7-14-28-19)22(24)13-15-29(25,26)20-10-3-2-4-11-20/h2-12,14H,13,15-17H2,1H3. The van der Waals surface area contributed by atoms with Gasteiger partial charge in [0.25, 0.3) is 0 Å². The summed E-state index contributed by atoms with van der Waals surface area (Å²) in [5, 5.41) is 1.96. The molecule has 0 aliphatic carbocycles. The summed E-state index contributed by atoms with van der Waals surface area (Å²) in [6.07, 6.45) is -0.0717. The van der Waals surface area contributed by atoms with Crippen molar-refractivity contribution in [2.45, 2.75) is 24.4 Å². The number of thiophene rings is 1. The van der Waals surface area contributed by atoms with Gasteiger partial charge < -0.3 is 9.64 Å². The van der Waals surface area contributed by atoms with Gasteiger partial charge in [0.1, 0.15) is 5.75 Å². The van der Waals surface area contributed by atoms with E-state index in [4.69, 9.17) is 4.74 Å². The highest BCUT2D eigenvalue weighted by Crippen LogP contribution is 2.22. The lowest BCUT2D eigenvalue weighted by Gasteiger charge is -2.23. The lowest BCUT2D eigenvalue weighted by atomic mass is 10.1. The molecular formula is C22H23NO4S2. The topological polar surface area (TPSA) is 63.7 Å². The number of amides is 1. The first-order valence-corrected chi connectivity index (χ1v) is 11.7. The SMILES string of the molecule is COc1ccccc1CN(Cc1cccs1)C(=O)CCS(=O)(=O)c1ccccc1. The van der Waals surface area contributed by atoms with Gasteiger partial charge in [-0.1, -0.05) is 42.5 Å². The van der Waals surface area contributed by atoms with E-state index >= 15 is 0 Å². The van der Waals surface area contributed by atoms with Crippen molar-refractivity contribution in [1.29, 1.82) is 0 Å². The van der Waals surface area contributed by atoms with Gasteiger partial charge in [-0.15, -0.1) is 11.3 Å². The molecule has 1 heterocycles. The number of carbonyl (C=O) groups excluding carboxylic acids is 1. The molecule has 0 saturated carbocycles. The average Bonchev–Trinajstić information content (AvgIpc) is 3.26. The van der Waals surface area contributed by atoms with Crippen LogP contribution < -0.4 is 4.74 Å². The third-order valence-corrected chi connectivity index (χ3v) is 7.11. The number of sulfone groups is 1. The number of ether oxygens (including phenoxy) is 1. The number of carbonyl (C=O) groups is 1. The van der Waals surface area contributed by atoms with Crippen molar-refractivity contribution >= 4 is 27.1 Å². The Morgan fingerprint density at radius 3 is 2.38 bits per heavy atom. The van der Waals surface area contributed by atoms with Gasteiger partial charge in [0.05, 0.1) is 24.3 Å². The summed E-state index contributed by atoms with van der Waals surface area (Å²) in [5.41, 5.74) is 0.880. The van der Waals surface area contributed by atoms with Crippen LogP contribution >= 0.6 is 11.3 Å². The Morgan fingerprint density at radius 1 is 0.966 bits per heavy atom. The highest BCUT2D eigenvalue weighted by molar-refractivity contribution is 7.91. The molecule has 0 spiro atoms. The molecule has 7 heteroatoms. The van der Waals surface area contributed by atoms with E-state index in [0.29, 0.717) is 18.8 Å². The number of methoxy groups -OCH3 is 1. The van der Waals surface area contributed by atoms with E-state index in [2.05, 4.69) is 0 Å². The van der Waals surface area contributed by atoms with E-state index in [-0.39, 0.29) is 23.0 Å². The molecule has 0 atom stereocenters. The molecule has 29 heavy (non-hydrogen) atoms. The largest absolute Gasteiger partial charge is 0.496 e. The van der Waals surface area contributed by atoms with E-state index in [0.717, 1.165) is 10.4 Å². The van der Waals surface area contributed by atoms with E-state index < -0.39 is 9.84 Å². The molecule has 0 aliphatic rings. The molecule has 0 bridgehead atoms. The molecule has 5 nitrogen and oxygen atoms in total. The van der Waals surface area contributed by atoms with E-state index in [9.17, 15) is 13.2 Å². The van der Waals surface area contributed by atoms with Crippen molar-refractivity contribution in [2.75, 3.05) is 12.9 Å². The molecule has 1 amide bonds. The zero-order valence-corrected chi connectivity index (χ0v) is 17.8. The fourth-order valence-electron chi connectivity index (χ4n) is 2.99. The van der Waals surface area contributed by atoms with Crippen LogP contribution in [0, 0.1) is 0 Å². The fourth-order valence-corrected chi connectivity index (χ4v) is 4.96. The molecule has 0 radical (unpaired) electrons. The summed E-state index contributed by atoms with van der Waals surface area (Å²) in [4.78, 5) is 15.9. The highest BCUT2D eigenvalue weighted by Gasteiger charge is 2.21. The predicted octanol–water partition coefficient (Wildman–Crippen LogP) is 4.15. The minimum atomic E-state index is -3.51. The highest BCUT2D eigenvalue weighted by atomic mass is 32.2. The van der Waals surface area contributed by atoms with Crippen LogP contribution in [0.25, 0.3) is 0 Å². The van der Waals surface area contributed by atoms with Crippen LogP contribution in [0.15, 0.2) is 77.0 Å². The van der Waals surface area contributed by atoms with Gasteiger partial charge in [-0.2, -0.15) is 0 Å². The van der Waals surface area contributed by atoms with Crippen LogP contribution in [0.2, 0.25) is 0 Å². The van der Waals surface area contributed by atoms with Gasteiger partial charge in [0.15, 0.2) is 9.84 Å². The summed E-state index contributed by atoms with van der Waals surface area (Å²) in [5.74, 6) is 0.278. The van der Waals surface area contributed by atoms with Crippen LogP contribution in [-0.4, -0.2) is 32.1 Å². The van der Waals surface area contributed by atoms with Crippen molar-refractivity contribution in [3.05, 3.63) is 82.6 Å². The molecule has 3 aromatic rings. The summed E-state index contributed by atoms with van der Waals surface area (Å²) in [7, 11) is -1.91. The van der Waals surface area contributed by atoms with Crippen LogP contribution in [0.4, 0.5) is 0 Å². The van der Waals surface area contributed by atoms with Gasteiger partial charge in [-0.3, -0.25) is 4.79 Å². The van der Waals surface area contributed by atoms with Crippen LogP contribution in [0.1, 0.15) is 16.9 Å². The summed E-state index contributed by atoms with van der Waals surface area (Å²) in [6, 6.07) is 19.7. The predicted molar refractivity (Wildman–Crippen MR) is 115 cm³/mol. The van der Waals surface area contributed by atoms with Gasteiger partial charge >= 0.3 is 0 Å². The van der Waals surface area contributed by atoms with E-state index in [1.165, 1.54) is 0 Å². The zero-order valence-electron chi connectivity index (χ0n) is 16.2. The van der Waals surface area contributed by atoms with Crippen molar-refractivity contribution < 1.29 is 17.9 Å². The molecule has 1 aromatic heterocycles. The quantitative estimate of drug-likeness (QED) is 0.513. The Morgan fingerprint density at radius 2 is 1.69 bits per heavy atom. The van der Waals surface area contributed by atoms with E-state index in [1.54, 1.807) is 53.7 Å². The molecule has 0 unspecified atom stereocenters. The van der Waals surface area contributed by atoms with Crippen LogP contribution in [0.3, 0.4) is 0 Å². The lowest BCUT2D eigenvalue weighted by Crippen LogP contribution is -2.31. The third-order valence-electron chi connectivity index (χ3n) is 4.52. The second-order valence-electron chi connectivity index (χ2n) is 6.52. The molecule has 0 fully saturated rings. The maximum absolute atomic E-state index is 13.0. The molecule has 0 N–H and O–H groups in total. The first-order chi connectivity index (χ1) is 14.0. The second kappa shape index (κ2) is 9.71. The number of nitrogens with zero attached hydrogens (tertiary/aromatic N) is 1. The third kappa shape index (κ3) is 5.68. The maximum Gasteiger partial charge on any atom is 0.224 e. The molecule has 2 aromatic carbocycles. The number of para-hydroxylation sites is 1. The molecule has 3 rings (SSSR count). The zero-order chi connectivity index (χ0) is 20.7. The number of hydrogen-bond donors (Lipinski definition) is 0. The summed E-state index contributed by atoms with van der Waals surface area (Å²) < 4.78 is 30.5. The number of hydrogen-bond acceptors (Lipinski definition) is 5. The Bertz CT molecular complexity index is 1030. The first-order valence-electron chi connectivity index (χ1n) is 9.19. The van der Waals surface area contributed by atoms with Gasteiger partial charge in [0.2, 0.25) is 5.91 Å². The number of benzene rings is 2. The molecule has 152 valence electrons. The Kier molecular flexibility index (Phi) is 7.06. The second-order valence-corrected chi connectivity index (χ2v) is 9.66. The van der Waals surface area contributed by atoms with Gasteiger partial charge in [-0.25, -0.2) is 8.42 Å². The van der Waals surface area contributed by atoms with Crippen LogP contribution in [-0.2, 0) is 27.7 Å². The van der Waals surface area contributed by atoms with Crippen molar-refractivity contribution in [1.82, 2.24) is 4.90 Å². The van der Waals surface area contributed by atoms with Crippen LogP contribution in [0.5, 0.6) is 5.75 Å². The van der Waals surface area contributed by atoms with Crippen molar-refractivity contribution in [3.8, 4) is 5.75 Å². The van der Waals surface area contributed by atoms with E-state index in [1.807, 2.05) is 41.8 Å². The monoisotopic (exact) mass is 429 g/mol. The average molecular weight is 430 g/mol. The minimum absolute atomic E-state index is 0.0717. The Hall–Kier alpha value is -2.64. The smallest absolute Gasteiger partial charge is 0.224 e. The maximum atomic E-state index is 13.0. The van der Waals surface area contributed by atoms with Crippen molar-refractivity contribution in [2.24, 2.45) is 0 Å². The fraction of sp³-hybridized carbons (Fsp3) is 0.227. The lowest BCUT2D eigenvalue weighted by molar-refractivity contribution is -0.132. The number of rotatable bonds is 9. The Balaban J connectivity index is 1.75. The summed E-state index contributed by atoms with van der Waals surface area (Å²) in [6.45, 7) is 0.784.